The van der Waals surface area contributed by atoms with Crippen LogP contribution < -0.4 is 14.4 Å². The zero-order chi connectivity index (χ0) is 18.7. The first-order valence-electron chi connectivity index (χ1n) is 9.18. The predicted molar refractivity (Wildman–Crippen MR) is 104 cm³/mol. The highest BCUT2D eigenvalue weighted by Crippen LogP contribution is 2.38. The molecule has 0 atom stereocenters. The van der Waals surface area contributed by atoms with Gasteiger partial charge in [-0.15, -0.1) is 0 Å². The highest BCUT2D eigenvalue weighted by molar-refractivity contribution is 6.02. The molecule has 138 valence electrons. The molecule has 0 aromatic heterocycles. The minimum atomic E-state index is -0.833. The Balaban J connectivity index is 1.61. The van der Waals surface area contributed by atoms with E-state index in [0.29, 0.717) is 13.2 Å². The van der Waals surface area contributed by atoms with Crippen molar-refractivity contribution in [1.29, 1.82) is 0 Å². The molecule has 0 saturated heterocycles. The number of benzene rings is 2. The predicted octanol–water partition coefficient (Wildman–Crippen LogP) is 4.67. The lowest BCUT2D eigenvalue weighted by Gasteiger charge is -2.39. The van der Waals surface area contributed by atoms with Crippen molar-refractivity contribution in [2.24, 2.45) is 0 Å². The van der Waals surface area contributed by atoms with Crippen LogP contribution in [0.1, 0.15) is 37.8 Å². The van der Waals surface area contributed by atoms with Gasteiger partial charge in [-0.2, -0.15) is 0 Å². The SMILES string of the molecule is Cc1ccc2c(c1)N(CCCCOc1ccccc1C)C(=O)C(C)(C)O2. The lowest BCUT2D eigenvalue weighted by Crippen LogP contribution is -2.52. The minimum absolute atomic E-state index is 0.00965. The molecule has 0 spiro atoms. The van der Waals surface area contributed by atoms with E-state index in [1.165, 1.54) is 0 Å². The third-order valence-corrected chi connectivity index (χ3v) is 4.66. The van der Waals surface area contributed by atoms with Crippen molar-refractivity contribution < 1.29 is 14.3 Å². The van der Waals surface area contributed by atoms with Gasteiger partial charge in [0.25, 0.3) is 5.91 Å². The molecule has 0 N–H and O–H groups in total. The summed E-state index contributed by atoms with van der Waals surface area (Å²) >= 11 is 0. The number of carbonyl (C=O) groups excluding carboxylic acids is 1. The van der Waals surface area contributed by atoms with E-state index in [2.05, 4.69) is 0 Å². The third kappa shape index (κ3) is 3.85. The third-order valence-electron chi connectivity index (χ3n) is 4.66. The zero-order valence-corrected chi connectivity index (χ0v) is 16.0. The molecule has 1 amide bonds. The Morgan fingerprint density at radius 1 is 1.08 bits per heavy atom. The highest BCUT2D eigenvalue weighted by atomic mass is 16.5. The van der Waals surface area contributed by atoms with Gasteiger partial charge in [0.1, 0.15) is 11.5 Å². The van der Waals surface area contributed by atoms with Crippen molar-refractivity contribution in [3.05, 3.63) is 53.6 Å². The van der Waals surface area contributed by atoms with E-state index in [4.69, 9.17) is 9.47 Å². The van der Waals surface area contributed by atoms with E-state index in [1.54, 1.807) is 0 Å². The van der Waals surface area contributed by atoms with E-state index >= 15 is 0 Å². The molecule has 1 heterocycles. The fourth-order valence-electron chi connectivity index (χ4n) is 3.17. The van der Waals surface area contributed by atoms with Crippen LogP contribution >= 0.6 is 0 Å². The molecule has 4 heteroatoms. The summed E-state index contributed by atoms with van der Waals surface area (Å²) in [5.74, 6) is 1.71. The second-order valence-electron chi connectivity index (χ2n) is 7.36. The first-order chi connectivity index (χ1) is 12.4. The molecule has 26 heavy (non-hydrogen) atoms. The summed E-state index contributed by atoms with van der Waals surface area (Å²) in [5.41, 5.74) is 2.30. The molecule has 2 aromatic rings. The standard InChI is InChI=1S/C22H27NO3/c1-16-11-12-20-18(15-16)23(21(24)22(3,4)26-20)13-7-8-14-25-19-10-6-5-9-17(19)2/h5-6,9-12,15H,7-8,13-14H2,1-4H3. The first kappa shape index (κ1) is 18.3. The molecule has 0 bridgehead atoms. The largest absolute Gasteiger partial charge is 0.493 e. The van der Waals surface area contributed by atoms with Crippen LogP contribution in [0.5, 0.6) is 11.5 Å². The fraction of sp³-hybridized carbons (Fsp3) is 0.409. The van der Waals surface area contributed by atoms with Crippen molar-refractivity contribution in [1.82, 2.24) is 0 Å². The summed E-state index contributed by atoms with van der Waals surface area (Å²) in [7, 11) is 0. The van der Waals surface area contributed by atoms with Crippen LogP contribution in [0.25, 0.3) is 0 Å². The number of amides is 1. The number of aryl methyl sites for hydroxylation is 2. The van der Waals surface area contributed by atoms with Crippen LogP contribution in [0.4, 0.5) is 5.69 Å². The number of hydrogen-bond donors (Lipinski definition) is 0. The number of anilines is 1. The van der Waals surface area contributed by atoms with Gasteiger partial charge >= 0.3 is 0 Å². The summed E-state index contributed by atoms with van der Waals surface area (Å²) in [5, 5.41) is 0. The van der Waals surface area contributed by atoms with Crippen LogP contribution in [0.15, 0.2) is 42.5 Å². The quantitative estimate of drug-likeness (QED) is 0.709. The molecule has 0 saturated carbocycles. The smallest absolute Gasteiger partial charge is 0.270 e. The summed E-state index contributed by atoms with van der Waals surface area (Å²) in [4.78, 5) is 14.7. The van der Waals surface area contributed by atoms with Gasteiger partial charge in [0.05, 0.1) is 12.3 Å². The molecule has 0 fully saturated rings. The van der Waals surface area contributed by atoms with Gasteiger partial charge < -0.3 is 14.4 Å². The number of nitrogens with zero attached hydrogens (tertiary/aromatic N) is 1. The fourth-order valence-corrected chi connectivity index (χ4v) is 3.17. The molecule has 0 aliphatic carbocycles. The maximum atomic E-state index is 12.8. The first-order valence-corrected chi connectivity index (χ1v) is 9.18. The van der Waals surface area contributed by atoms with Crippen LogP contribution in [-0.2, 0) is 4.79 Å². The van der Waals surface area contributed by atoms with E-state index in [0.717, 1.165) is 41.2 Å². The summed E-state index contributed by atoms with van der Waals surface area (Å²) in [6, 6.07) is 14.0. The van der Waals surface area contributed by atoms with Gasteiger partial charge in [0.15, 0.2) is 5.60 Å². The summed E-state index contributed by atoms with van der Waals surface area (Å²) in [6.45, 7) is 9.04. The van der Waals surface area contributed by atoms with E-state index < -0.39 is 5.60 Å². The van der Waals surface area contributed by atoms with Gasteiger partial charge in [-0.3, -0.25) is 4.79 Å². The zero-order valence-electron chi connectivity index (χ0n) is 16.0. The van der Waals surface area contributed by atoms with E-state index in [1.807, 2.05) is 75.1 Å². The Morgan fingerprint density at radius 2 is 1.85 bits per heavy atom. The molecular weight excluding hydrogens is 326 g/mol. The Hall–Kier alpha value is -2.49. The van der Waals surface area contributed by atoms with Crippen LogP contribution in [0.2, 0.25) is 0 Å². The Morgan fingerprint density at radius 3 is 2.62 bits per heavy atom. The van der Waals surface area contributed by atoms with Gasteiger partial charge in [-0.05, 0) is 69.9 Å². The second kappa shape index (κ2) is 7.40. The van der Waals surface area contributed by atoms with Crippen molar-refractivity contribution in [3.8, 4) is 11.5 Å². The number of carbonyl (C=O) groups is 1. The van der Waals surface area contributed by atoms with Gasteiger partial charge in [0, 0.05) is 6.54 Å². The highest BCUT2D eigenvalue weighted by Gasteiger charge is 2.40. The maximum absolute atomic E-state index is 12.8. The van der Waals surface area contributed by atoms with Gasteiger partial charge in [-0.1, -0.05) is 24.3 Å². The van der Waals surface area contributed by atoms with Crippen LogP contribution in [0.3, 0.4) is 0 Å². The van der Waals surface area contributed by atoms with Crippen LogP contribution in [0, 0.1) is 13.8 Å². The number of ether oxygens (including phenoxy) is 2. The summed E-state index contributed by atoms with van der Waals surface area (Å²) in [6.07, 6.45) is 1.77. The van der Waals surface area contributed by atoms with Crippen molar-refractivity contribution in [2.75, 3.05) is 18.1 Å². The molecule has 2 aromatic carbocycles. The van der Waals surface area contributed by atoms with Crippen LogP contribution in [-0.4, -0.2) is 24.7 Å². The number of para-hydroxylation sites is 1. The Labute approximate surface area is 155 Å². The number of hydrogen-bond acceptors (Lipinski definition) is 3. The van der Waals surface area contributed by atoms with Gasteiger partial charge in [0.2, 0.25) is 0 Å². The van der Waals surface area contributed by atoms with E-state index in [-0.39, 0.29) is 5.91 Å². The lowest BCUT2D eigenvalue weighted by atomic mass is 10.0. The van der Waals surface area contributed by atoms with Crippen molar-refractivity contribution in [3.63, 3.8) is 0 Å². The van der Waals surface area contributed by atoms with Crippen molar-refractivity contribution in [2.45, 2.75) is 46.1 Å². The minimum Gasteiger partial charge on any atom is -0.493 e. The number of rotatable bonds is 6. The normalized spacial score (nSPS) is 15.4. The van der Waals surface area contributed by atoms with Crippen molar-refractivity contribution >= 4 is 11.6 Å². The number of fused-ring (bicyclic) bond motifs is 1. The molecule has 4 nitrogen and oxygen atoms in total. The lowest BCUT2D eigenvalue weighted by molar-refractivity contribution is -0.132. The van der Waals surface area contributed by atoms with E-state index in [9.17, 15) is 4.79 Å². The number of unbranched alkanes of at least 4 members (excludes halogenated alkanes) is 1. The molecule has 3 rings (SSSR count). The topological polar surface area (TPSA) is 38.8 Å². The molecular formula is C22H27NO3. The van der Waals surface area contributed by atoms with Gasteiger partial charge in [-0.25, -0.2) is 0 Å². The molecule has 1 aliphatic heterocycles. The molecule has 1 aliphatic rings. The average Bonchev–Trinajstić information content (AvgIpc) is 2.60. The Kier molecular flexibility index (Phi) is 5.21. The second-order valence-corrected chi connectivity index (χ2v) is 7.36. The average molecular weight is 353 g/mol. The molecule has 0 radical (unpaired) electrons. The molecule has 0 unspecified atom stereocenters. The maximum Gasteiger partial charge on any atom is 0.270 e. The summed E-state index contributed by atoms with van der Waals surface area (Å²) < 4.78 is 11.8. The monoisotopic (exact) mass is 353 g/mol. The Bertz CT molecular complexity index is 798.